The van der Waals surface area contributed by atoms with Gasteiger partial charge in [-0.1, -0.05) is 23.7 Å². The first kappa shape index (κ1) is 17.7. The molecule has 0 bridgehead atoms. The van der Waals surface area contributed by atoms with Crippen molar-refractivity contribution >= 4 is 34.9 Å². The first-order valence-corrected chi connectivity index (χ1v) is 9.18. The number of amides is 2. The van der Waals surface area contributed by atoms with Crippen LogP contribution in [0.4, 0.5) is 4.79 Å². The molecule has 1 fully saturated rings. The summed E-state index contributed by atoms with van der Waals surface area (Å²) in [6.45, 7) is 1.35. The van der Waals surface area contributed by atoms with Gasteiger partial charge in [-0.2, -0.15) is 0 Å². The van der Waals surface area contributed by atoms with Crippen LogP contribution in [0.1, 0.15) is 17.7 Å². The van der Waals surface area contributed by atoms with Gasteiger partial charge in [-0.15, -0.1) is 11.3 Å². The highest BCUT2D eigenvalue weighted by molar-refractivity contribution is 7.15. The number of likely N-dealkylation sites (tertiary alicyclic amines) is 1. The quantitative estimate of drug-likeness (QED) is 0.852. The standard InChI is InChI=1S/C17H18ClN3O3S/c18-13-3-1-11(2-4-13)15-19-9-14(25-15)10-20-17(24)21-7-5-12(6-8-21)16(22)23/h1-4,9,12H,5-8,10H2,(H,20,24)(H,22,23). The number of carbonyl (C=O) groups excluding carboxylic acids is 1. The van der Waals surface area contributed by atoms with Crippen LogP contribution in [-0.2, 0) is 11.3 Å². The number of thiazole rings is 1. The van der Waals surface area contributed by atoms with Gasteiger partial charge in [0.1, 0.15) is 5.01 Å². The van der Waals surface area contributed by atoms with E-state index in [2.05, 4.69) is 10.3 Å². The molecule has 0 saturated carbocycles. The Hall–Kier alpha value is -2.12. The molecule has 2 amide bonds. The van der Waals surface area contributed by atoms with Crippen molar-refractivity contribution in [3.63, 3.8) is 0 Å². The van der Waals surface area contributed by atoms with Gasteiger partial charge < -0.3 is 15.3 Å². The number of nitrogens with one attached hydrogen (secondary N) is 1. The zero-order valence-electron chi connectivity index (χ0n) is 13.4. The van der Waals surface area contributed by atoms with Gasteiger partial charge in [-0.25, -0.2) is 9.78 Å². The molecule has 1 aromatic carbocycles. The molecule has 2 N–H and O–H groups in total. The van der Waals surface area contributed by atoms with Gasteiger partial charge >= 0.3 is 12.0 Å². The summed E-state index contributed by atoms with van der Waals surface area (Å²) in [5.41, 5.74) is 0.989. The minimum absolute atomic E-state index is 0.162. The number of carboxylic acid groups (broad SMARTS) is 1. The Bertz CT molecular complexity index is 755. The van der Waals surface area contributed by atoms with Crippen LogP contribution in [0, 0.1) is 5.92 Å². The summed E-state index contributed by atoms with van der Waals surface area (Å²) in [6, 6.07) is 7.30. The lowest BCUT2D eigenvalue weighted by molar-refractivity contribution is -0.143. The molecule has 6 nitrogen and oxygen atoms in total. The number of benzene rings is 1. The number of nitrogens with zero attached hydrogens (tertiary/aromatic N) is 2. The van der Waals surface area contributed by atoms with E-state index < -0.39 is 5.97 Å². The highest BCUT2D eigenvalue weighted by atomic mass is 35.5. The summed E-state index contributed by atoms with van der Waals surface area (Å²) in [5.74, 6) is -1.12. The first-order chi connectivity index (χ1) is 12.0. The highest BCUT2D eigenvalue weighted by Crippen LogP contribution is 2.26. The van der Waals surface area contributed by atoms with Crippen molar-refractivity contribution in [3.8, 4) is 10.6 Å². The topological polar surface area (TPSA) is 82.5 Å². The third-order valence-electron chi connectivity index (χ3n) is 4.19. The predicted octanol–water partition coefficient (Wildman–Crippen LogP) is 3.47. The lowest BCUT2D eigenvalue weighted by Crippen LogP contribution is -2.45. The van der Waals surface area contributed by atoms with Crippen LogP contribution in [0.25, 0.3) is 10.6 Å². The lowest BCUT2D eigenvalue weighted by Gasteiger charge is -2.30. The summed E-state index contributed by atoms with van der Waals surface area (Å²) in [7, 11) is 0. The number of hydrogen-bond acceptors (Lipinski definition) is 4. The molecule has 1 aromatic heterocycles. The van der Waals surface area contributed by atoms with Gasteiger partial charge in [0.05, 0.1) is 12.5 Å². The van der Waals surface area contributed by atoms with Crippen molar-refractivity contribution in [2.45, 2.75) is 19.4 Å². The van der Waals surface area contributed by atoms with E-state index >= 15 is 0 Å². The molecule has 0 radical (unpaired) electrons. The Labute approximate surface area is 154 Å². The maximum Gasteiger partial charge on any atom is 0.317 e. The Kier molecular flexibility index (Phi) is 5.55. The molecule has 25 heavy (non-hydrogen) atoms. The van der Waals surface area contributed by atoms with Crippen LogP contribution in [0.15, 0.2) is 30.5 Å². The summed E-state index contributed by atoms with van der Waals surface area (Å²) in [6.07, 6.45) is 2.76. The van der Waals surface area contributed by atoms with E-state index in [9.17, 15) is 9.59 Å². The molecule has 0 spiro atoms. The van der Waals surface area contributed by atoms with Crippen LogP contribution in [-0.4, -0.2) is 40.1 Å². The van der Waals surface area contributed by atoms with Crippen molar-refractivity contribution in [1.29, 1.82) is 0 Å². The molecule has 1 aliphatic rings. The molecule has 0 unspecified atom stereocenters. The van der Waals surface area contributed by atoms with Crippen molar-refractivity contribution in [2.24, 2.45) is 5.92 Å². The van der Waals surface area contributed by atoms with Crippen LogP contribution >= 0.6 is 22.9 Å². The molecule has 2 aromatic rings. The predicted molar refractivity (Wildman–Crippen MR) is 96.7 cm³/mol. The number of hydrogen-bond donors (Lipinski definition) is 2. The monoisotopic (exact) mass is 379 g/mol. The molecule has 0 aliphatic carbocycles. The van der Waals surface area contributed by atoms with Crippen molar-refractivity contribution in [1.82, 2.24) is 15.2 Å². The van der Waals surface area contributed by atoms with Gasteiger partial charge in [-0.3, -0.25) is 4.79 Å². The Morgan fingerprint density at radius 1 is 1.28 bits per heavy atom. The van der Waals surface area contributed by atoms with Crippen LogP contribution < -0.4 is 5.32 Å². The van der Waals surface area contributed by atoms with Gasteiger partial charge in [0.2, 0.25) is 0 Å². The Balaban J connectivity index is 1.51. The first-order valence-electron chi connectivity index (χ1n) is 7.99. The molecule has 0 atom stereocenters. The van der Waals surface area contributed by atoms with Crippen LogP contribution in [0.5, 0.6) is 0 Å². The van der Waals surface area contributed by atoms with E-state index in [1.807, 2.05) is 24.3 Å². The van der Waals surface area contributed by atoms with Crippen molar-refractivity contribution in [2.75, 3.05) is 13.1 Å². The van der Waals surface area contributed by atoms with E-state index in [-0.39, 0.29) is 11.9 Å². The summed E-state index contributed by atoms with van der Waals surface area (Å²) >= 11 is 7.41. The number of aliphatic carboxylic acids is 1. The number of piperidine rings is 1. The highest BCUT2D eigenvalue weighted by Gasteiger charge is 2.26. The second kappa shape index (κ2) is 7.84. The summed E-state index contributed by atoms with van der Waals surface area (Å²) in [5, 5.41) is 13.4. The second-order valence-corrected chi connectivity index (χ2v) is 7.45. The largest absolute Gasteiger partial charge is 0.481 e. The fourth-order valence-corrected chi connectivity index (χ4v) is 3.70. The maximum atomic E-state index is 12.2. The van der Waals surface area contributed by atoms with Crippen molar-refractivity contribution in [3.05, 3.63) is 40.4 Å². The average molecular weight is 380 g/mol. The van der Waals surface area contributed by atoms with Gasteiger partial charge in [0.25, 0.3) is 0 Å². The SMILES string of the molecule is O=C(O)C1CCN(C(=O)NCc2cnc(-c3ccc(Cl)cc3)s2)CC1. The van der Waals surface area contributed by atoms with E-state index in [1.54, 1.807) is 11.1 Å². The maximum absolute atomic E-state index is 12.2. The van der Waals surface area contributed by atoms with Crippen LogP contribution in [0.3, 0.4) is 0 Å². The van der Waals surface area contributed by atoms with E-state index in [4.69, 9.17) is 16.7 Å². The molecule has 1 aliphatic heterocycles. The fraction of sp³-hybridized carbons (Fsp3) is 0.353. The molecular weight excluding hydrogens is 362 g/mol. The smallest absolute Gasteiger partial charge is 0.317 e. The number of urea groups is 1. The summed E-state index contributed by atoms with van der Waals surface area (Å²) < 4.78 is 0. The Morgan fingerprint density at radius 3 is 2.60 bits per heavy atom. The molecule has 8 heteroatoms. The number of carbonyl (C=O) groups is 2. The molecular formula is C17H18ClN3O3S. The van der Waals surface area contributed by atoms with Gasteiger partial charge in [0.15, 0.2) is 0 Å². The number of rotatable bonds is 4. The van der Waals surface area contributed by atoms with E-state index in [1.165, 1.54) is 11.3 Å². The van der Waals surface area contributed by atoms with Gasteiger partial charge in [0, 0.05) is 34.7 Å². The fourth-order valence-electron chi connectivity index (χ4n) is 2.72. The third-order valence-corrected chi connectivity index (χ3v) is 5.49. The van der Waals surface area contributed by atoms with E-state index in [0.29, 0.717) is 37.5 Å². The van der Waals surface area contributed by atoms with Gasteiger partial charge in [-0.05, 0) is 25.0 Å². The molecule has 3 rings (SSSR count). The second-order valence-electron chi connectivity index (χ2n) is 5.90. The molecule has 2 heterocycles. The third kappa shape index (κ3) is 4.49. The van der Waals surface area contributed by atoms with E-state index in [0.717, 1.165) is 15.4 Å². The number of aromatic nitrogens is 1. The molecule has 1 saturated heterocycles. The molecule has 132 valence electrons. The van der Waals surface area contributed by atoms with Crippen molar-refractivity contribution < 1.29 is 14.7 Å². The summed E-state index contributed by atoms with van der Waals surface area (Å²) in [4.78, 5) is 30.2. The zero-order chi connectivity index (χ0) is 17.8. The normalized spacial score (nSPS) is 15.2. The number of carboxylic acids is 1. The Morgan fingerprint density at radius 2 is 1.96 bits per heavy atom. The zero-order valence-corrected chi connectivity index (χ0v) is 15.0. The minimum Gasteiger partial charge on any atom is -0.481 e. The number of halogens is 1. The lowest BCUT2D eigenvalue weighted by atomic mass is 9.97. The average Bonchev–Trinajstić information content (AvgIpc) is 3.09. The van der Waals surface area contributed by atoms with Crippen LogP contribution in [0.2, 0.25) is 5.02 Å². The minimum atomic E-state index is -0.778.